The van der Waals surface area contributed by atoms with Crippen molar-refractivity contribution in [2.24, 2.45) is 0 Å². The molecule has 0 saturated heterocycles. The molecule has 3 nitrogen and oxygen atoms in total. The van der Waals surface area contributed by atoms with E-state index in [-0.39, 0.29) is 0 Å². The Morgan fingerprint density at radius 3 is 2.69 bits per heavy atom. The van der Waals surface area contributed by atoms with Crippen LogP contribution in [0.1, 0.15) is 6.92 Å². The van der Waals surface area contributed by atoms with Crippen LogP contribution < -0.4 is 0 Å². The monoisotopic (exact) mass is 238 g/mol. The number of benzene rings is 1. The summed E-state index contributed by atoms with van der Waals surface area (Å²) in [7, 11) is 0. The highest BCUT2D eigenvalue weighted by Crippen LogP contribution is 2.16. The van der Waals surface area contributed by atoms with Crippen LogP contribution >= 0.6 is 11.8 Å². The average molecular weight is 238 g/mol. The van der Waals surface area contributed by atoms with E-state index in [1.54, 1.807) is 18.7 Å². The van der Waals surface area contributed by atoms with Gasteiger partial charge in [0.2, 0.25) is 0 Å². The van der Waals surface area contributed by atoms with Crippen LogP contribution in [-0.4, -0.2) is 18.3 Å². The Bertz CT molecular complexity index is 349. The van der Waals surface area contributed by atoms with Crippen molar-refractivity contribution in [2.75, 3.05) is 12.4 Å². The molecule has 0 N–H and O–H groups in total. The lowest BCUT2D eigenvalue weighted by atomic mass is 10.4. The lowest BCUT2D eigenvalue weighted by Gasteiger charge is -2.03. The zero-order chi connectivity index (χ0) is 11.8. The maximum Gasteiger partial charge on any atom is 0.368 e. The summed E-state index contributed by atoms with van der Waals surface area (Å²) in [6.07, 6.45) is 0. The third kappa shape index (κ3) is 5.00. The molecule has 0 bridgehead atoms. The minimum absolute atomic E-state index is 0.329. The van der Waals surface area contributed by atoms with Crippen LogP contribution in [-0.2, 0) is 14.6 Å². The zero-order valence-corrected chi connectivity index (χ0v) is 9.96. The molecule has 0 saturated carbocycles. The first kappa shape index (κ1) is 12.8. The van der Waals surface area contributed by atoms with Crippen molar-refractivity contribution in [3.05, 3.63) is 42.5 Å². The van der Waals surface area contributed by atoms with Gasteiger partial charge in [0.15, 0.2) is 0 Å². The molecule has 1 aromatic rings. The second-order valence-electron chi connectivity index (χ2n) is 3.13. The number of thioether (sulfide) groups is 1. The van der Waals surface area contributed by atoms with Gasteiger partial charge in [0.25, 0.3) is 0 Å². The van der Waals surface area contributed by atoms with Gasteiger partial charge in [-0.3, -0.25) is 4.89 Å². The van der Waals surface area contributed by atoms with Crippen LogP contribution in [0.15, 0.2) is 47.4 Å². The quantitative estimate of drug-likeness (QED) is 0.251. The summed E-state index contributed by atoms with van der Waals surface area (Å²) in [6.45, 7) is 5.38. The SMILES string of the molecule is C=C(C)C(=O)OOCCSc1ccccc1. The Morgan fingerprint density at radius 1 is 1.38 bits per heavy atom. The first-order valence-electron chi connectivity index (χ1n) is 4.87. The van der Waals surface area contributed by atoms with Gasteiger partial charge in [-0.2, -0.15) is 4.89 Å². The Kier molecular flexibility index (Phi) is 5.67. The highest BCUT2D eigenvalue weighted by atomic mass is 32.2. The molecule has 16 heavy (non-hydrogen) atoms. The van der Waals surface area contributed by atoms with Crippen LogP contribution in [0.2, 0.25) is 0 Å². The molecule has 0 atom stereocenters. The van der Waals surface area contributed by atoms with Gasteiger partial charge < -0.3 is 0 Å². The molecule has 0 aliphatic heterocycles. The van der Waals surface area contributed by atoms with Crippen molar-refractivity contribution in [3.63, 3.8) is 0 Å². The van der Waals surface area contributed by atoms with Crippen molar-refractivity contribution in [1.29, 1.82) is 0 Å². The van der Waals surface area contributed by atoms with Crippen molar-refractivity contribution in [1.82, 2.24) is 0 Å². The molecule has 0 heterocycles. The second kappa shape index (κ2) is 7.09. The van der Waals surface area contributed by atoms with E-state index in [2.05, 4.69) is 11.5 Å². The van der Waals surface area contributed by atoms with Gasteiger partial charge in [0.1, 0.15) is 6.61 Å². The predicted molar refractivity (Wildman–Crippen MR) is 64.0 cm³/mol. The minimum atomic E-state index is -0.523. The summed E-state index contributed by atoms with van der Waals surface area (Å²) in [5.41, 5.74) is 0.329. The third-order valence-corrected chi connectivity index (χ3v) is 2.64. The fourth-order valence-electron chi connectivity index (χ4n) is 0.877. The van der Waals surface area contributed by atoms with Crippen molar-refractivity contribution in [3.8, 4) is 0 Å². The summed E-state index contributed by atoms with van der Waals surface area (Å²) >= 11 is 1.64. The van der Waals surface area contributed by atoms with Gasteiger partial charge in [-0.15, -0.1) is 11.8 Å². The number of carbonyl (C=O) groups is 1. The van der Waals surface area contributed by atoms with E-state index in [0.29, 0.717) is 12.2 Å². The normalized spacial score (nSPS) is 9.81. The second-order valence-corrected chi connectivity index (χ2v) is 4.30. The first-order valence-corrected chi connectivity index (χ1v) is 5.86. The lowest BCUT2D eigenvalue weighted by molar-refractivity contribution is -0.264. The number of hydrogen-bond donors (Lipinski definition) is 0. The van der Waals surface area contributed by atoms with Gasteiger partial charge in [-0.05, 0) is 19.1 Å². The van der Waals surface area contributed by atoms with E-state index in [9.17, 15) is 4.79 Å². The molecule has 0 spiro atoms. The predicted octanol–water partition coefficient (Wildman–Crippen LogP) is 2.83. The zero-order valence-electron chi connectivity index (χ0n) is 9.14. The molecule has 0 aromatic heterocycles. The molecule has 0 aliphatic rings. The summed E-state index contributed by atoms with van der Waals surface area (Å²) < 4.78 is 0. The fourth-order valence-corrected chi connectivity index (χ4v) is 1.61. The minimum Gasteiger partial charge on any atom is -0.293 e. The van der Waals surface area contributed by atoms with Gasteiger partial charge in [0.05, 0.1) is 0 Å². The third-order valence-electron chi connectivity index (χ3n) is 1.66. The van der Waals surface area contributed by atoms with Gasteiger partial charge in [0, 0.05) is 16.2 Å². The van der Waals surface area contributed by atoms with Crippen molar-refractivity contribution in [2.45, 2.75) is 11.8 Å². The topological polar surface area (TPSA) is 35.5 Å². The fraction of sp³-hybridized carbons (Fsp3) is 0.250. The molecule has 1 rings (SSSR count). The first-order chi connectivity index (χ1) is 7.70. The standard InChI is InChI=1S/C12H14O3S/c1-10(2)12(13)15-14-8-9-16-11-6-4-3-5-7-11/h3-7H,1,8-9H2,2H3. The van der Waals surface area contributed by atoms with Crippen molar-refractivity contribution < 1.29 is 14.6 Å². The number of carbonyl (C=O) groups excluding carboxylic acids is 1. The van der Waals surface area contributed by atoms with E-state index in [4.69, 9.17) is 4.89 Å². The highest BCUT2D eigenvalue weighted by molar-refractivity contribution is 7.99. The van der Waals surface area contributed by atoms with Crippen LogP contribution in [0.5, 0.6) is 0 Å². The van der Waals surface area contributed by atoms with Gasteiger partial charge >= 0.3 is 5.97 Å². The average Bonchev–Trinajstić information content (AvgIpc) is 2.29. The maximum absolute atomic E-state index is 10.9. The largest absolute Gasteiger partial charge is 0.368 e. The Labute approximate surface area is 99.4 Å². The van der Waals surface area contributed by atoms with E-state index in [1.807, 2.05) is 30.3 Å². The Morgan fingerprint density at radius 2 is 2.06 bits per heavy atom. The highest BCUT2D eigenvalue weighted by Gasteiger charge is 2.03. The summed E-state index contributed by atoms with van der Waals surface area (Å²) in [4.78, 5) is 21.3. The van der Waals surface area contributed by atoms with Gasteiger partial charge in [-0.25, -0.2) is 4.79 Å². The van der Waals surface area contributed by atoms with E-state index < -0.39 is 5.97 Å². The smallest absolute Gasteiger partial charge is 0.293 e. The molecule has 0 fully saturated rings. The van der Waals surface area contributed by atoms with Gasteiger partial charge in [-0.1, -0.05) is 24.8 Å². The Balaban J connectivity index is 2.09. The molecule has 0 radical (unpaired) electrons. The van der Waals surface area contributed by atoms with Crippen LogP contribution in [0, 0.1) is 0 Å². The van der Waals surface area contributed by atoms with Crippen LogP contribution in [0.4, 0.5) is 0 Å². The summed E-state index contributed by atoms with van der Waals surface area (Å²) in [6, 6.07) is 9.96. The Hall–Kier alpha value is -1.26. The van der Waals surface area contributed by atoms with E-state index >= 15 is 0 Å². The maximum atomic E-state index is 10.9. The van der Waals surface area contributed by atoms with Crippen LogP contribution in [0.25, 0.3) is 0 Å². The molecule has 0 amide bonds. The molecule has 1 aromatic carbocycles. The number of rotatable bonds is 6. The van der Waals surface area contributed by atoms with E-state index in [0.717, 1.165) is 10.6 Å². The molecule has 4 heteroatoms. The number of hydrogen-bond acceptors (Lipinski definition) is 4. The van der Waals surface area contributed by atoms with Crippen LogP contribution in [0.3, 0.4) is 0 Å². The van der Waals surface area contributed by atoms with Crippen molar-refractivity contribution >= 4 is 17.7 Å². The lowest BCUT2D eigenvalue weighted by Crippen LogP contribution is -2.07. The summed E-state index contributed by atoms with van der Waals surface area (Å²) in [5, 5.41) is 0. The molecular weight excluding hydrogens is 224 g/mol. The molecule has 0 unspecified atom stereocenters. The molecule has 86 valence electrons. The molecular formula is C12H14O3S. The molecule has 0 aliphatic carbocycles. The van der Waals surface area contributed by atoms with E-state index in [1.165, 1.54) is 0 Å². The summed E-state index contributed by atoms with van der Waals surface area (Å²) in [5.74, 6) is 0.206.